The molecule has 18 heavy (non-hydrogen) atoms. The Morgan fingerprint density at radius 1 is 1.06 bits per heavy atom. The third kappa shape index (κ3) is 2.42. The first kappa shape index (κ1) is 12.7. The molecule has 94 valence electrons. The van der Waals surface area contributed by atoms with Gasteiger partial charge in [-0.15, -0.1) is 0 Å². The van der Waals surface area contributed by atoms with E-state index in [0.717, 1.165) is 11.3 Å². The van der Waals surface area contributed by atoms with Crippen molar-refractivity contribution < 1.29 is 0 Å². The Bertz CT molecular complexity index is 512. The smallest absolute Gasteiger partial charge is 0.0730 e. The van der Waals surface area contributed by atoms with Gasteiger partial charge in [-0.1, -0.05) is 24.3 Å². The van der Waals surface area contributed by atoms with Crippen molar-refractivity contribution in [2.24, 2.45) is 5.84 Å². The molecule has 3 N–H and O–H groups in total. The third-order valence-electron chi connectivity index (χ3n) is 3.27. The van der Waals surface area contributed by atoms with Crippen LogP contribution in [0.25, 0.3) is 0 Å². The van der Waals surface area contributed by atoms with Gasteiger partial charge in [0.15, 0.2) is 0 Å². The van der Waals surface area contributed by atoms with Crippen molar-refractivity contribution in [1.29, 1.82) is 0 Å². The summed E-state index contributed by atoms with van der Waals surface area (Å²) in [6.07, 6.45) is 1.88. The minimum Gasteiger partial charge on any atom is -0.271 e. The molecule has 1 aromatic carbocycles. The molecule has 0 aliphatic carbocycles. The lowest BCUT2D eigenvalue weighted by molar-refractivity contribution is 0.628. The summed E-state index contributed by atoms with van der Waals surface area (Å²) in [4.78, 5) is 4.34. The zero-order valence-corrected chi connectivity index (χ0v) is 11.1. The van der Waals surface area contributed by atoms with Crippen molar-refractivity contribution in [2.75, 3.05) is 0 Å². The first-order chi connectivity index (χ1) is 8.63. The Balaban J connectivity index is 2.48. The maximum atomic E-state index is 5.73. The molecule has 1 heterocycles. The number of aryl methyl sites for hydroxylation is 3. The molecule has 0 fully saturated rings. The summed E-state index contributed by atoms with van der Waals surface area (Å²) < 4.78 is 0. The normalized spacial score (nSPS) is 12.4. The first-order valence-corrected chi connectivity index (χ1v) is 6.08. The van der Waals surface area contributed by atoms with Gasteiger partial charge in [0.25, 0.3) is 0 Å². The molecule has 0 radical (unpaired) electrons. The summed E-state index contributed by atoms with van der Waals surface area (Å²) in [6.45, 7) is 6.19. The summed E-state index contributed by atoms with van der Waals surface area (Å²) >= 11 is 0. The molecule has 0 aliphatic rings. The van der Waals surface area contributed by atoms with E-state index in [0.29, 0.717) is 0 Å². The molecule has 2 rings (SSSR count). The number of hydrogen-bond donors (Lipinski definition) is 2. The van der Waals surface area contributed by atoms with E-state index < -0.39 is 0 Å². The lowest BCUT2D eigenvalue weighted by Crippen LogP contribution is -2.30. The van der Waals surface area contributed by atoms with Crippen LogP contribution in [0.4, 0.5) is 0 Å². The van der Waals surface area contributed by atoms with Crippen molar-refractivity contribution in [3.05, 3.63) is 64.5 Å². The Morgan fingerprint density at radius 2 is 1.72 bits per heavy atom. The number of aromatic nitrogens is 1. The molecule has 3 nitrogen and oxygen atoms in total. The zero-order valence-electron chi connectivity index (χ0n) is 11.1. The largest absolute Gasteiger partial charge is 0.271 e. The number of hydrogen-bond acceptors (Lipinski definition) is 3. The number of benzene rings is 1. The Hall–Kier alpha value is -1.71. The van der Waals surface area contributed by atoms with Crippen LogP contribution < -0.4 is 11.3 Å². The third-order valence-corrected chi connectivity index (χ3v) is 3.27. The average Bonchev–Trinajstić information content (AvgIpc) is 2.35. The van der Waals surface area contributed by atoms with Gasteiger partial charge in [0, 0.05) is 11.9 Å². The summed E-state index contributed by atoms with van der Waals surface area (Å²) in [5.41, 5.74) is 8.69. The highest BCUT2D eigenvalue weighted by Gasteiger charge is 2.16. The molecule has 3 heteroatoms. The molecule has 0 spiro atoms. The van der Waals surface area contributed by atoms with Crippen molar-refractivity contribution in [3.8, 4) is 0 Å². The van der Waals surface area contributed by atoms with E-state index in [1.54, 1.807) is 0 Å². The molecule has 0 saturated carbocycles. The van der Waals surface area contributed by atoms with E-state index in [1.807, 2.05) is 19.2 Å². The van der Waals surface area contributed by atoms with E-state index in [1.165, 1.54) is 16.7 Å². The molecule has 1 aromatic heterocycles. The van der Waals surface area contributed by atoms with Crippen LogP contribution >= 0.6 is 0 Å². The van der Waals surface area contributed by atoms with Crippen molar-refractivity contribution in [2.45, 2.75) is 26.8 Å². The van der Waals surface area contributed by atoms with Gasteiger partial charge in [0.1, 0.15) is 0 Å². The molecule has 0 saturated heterocycles. The van der Waals surface area contributed by atoms with Crippen molar-refractivity contribution in [1.82, 2.24) is 10.4 Å². The minimum absolute atomic E-state index is 0.0145. The van der Waals surface area contributed by atoms with Crippen LogP contribution in [0.3, 0.4) is 0 Å². The Morgan fingerprint density at radius 3 is 2.22 bits per heavy atom. The van der Waals surface area contributed by atoms with Crippen molar-refractivity contribution in [3.63, 3.8) is 0 Å². The van der Waals surface area contributed by atoms with Gasteiger partial charge in [-0.05, 0) is 49.1 Å². The fraction of sp³-hybridized carbons (Fsp3) is 0.267. The van der Waals surface area contributed by atoms with Gasteiger partial charge in [-0.2, -0.15) is 0 Å². The topological polar surface area (TPSA) is 50.9 Å². The number of pyridine rings is 1. The standard InChI is InChI=1S/C15H19N3/c1-10-5-4-6-11(2)14(10)15(18-16)13-8-7-12(3)17-9-13/h4-9,15,18H,16H2,1-3H3. The second kappa shape index (κ2) is 5.29. The van der Waals surface area contributed by atoms with Crippen LogP contribution in [0.5, 0.6) is 0 Å². The van der Waals surface area contributed by atoms with Gasteiger partial charge in [-0.3, -0.25) is 10.8 Å². The van der Waals surface area contributed by atoms with Crippen molar-refractivity contribution >= 4 is 0 Å². The predicted octanol–water partition coefficient (Wildman–Crippen LogP) is 2.56. The molecule has 2 aromatic rings. The minimum atomic E-state index is -0.0145. The van der Waals surface area contributed by atoms with Crippen LogP contribution in [0.1, 0.15) is 34.0 Å². The van der Waals surface area contributed by atoms with Gasteiger partial charge in [0.2, 0.25) is 0 Å². The fourth-order valence-electron chi connectivity index (χ4n) is 2.28. The number of rotatable bonds is 3. The number of nitrogens with two attached hydrogens (primary N) is 1. The molecule has 1 unspecified atom stereocenters. The fourth-order valence-corrected chi connectivity index (χ4v) is 2.28. The predicted molar refractivity (Wildman–Crippen MR) is 74.1 cm³/mol. The van der Waals surface area contributed by atoms with Gasteiger partial charge >= 0.3 is 0 Å². The van der Waals surface area contributed by atoms with E-state index in [-0.39, 0.29) is 6.04 Å². The van der Waals surface area contributed by atoms with Crippen LogP contribution in [0.2, 0.25) is 0 Å². The molecule has 0 amide bonds. The number of nitrogens with one attached hydrogen (secondary N) is 1. The van der Waals surface area contributed by atoms with Gasteiger partial charge < -0.3 is 0 Å². The Labute approximate surface area is 108 Å². The first-order valence-electron chi connectivity index (χ1n) is 6.08. The molecular formula is C15H19N3. The maximum absolute atomic E-state index is 5.73. The summed E-state index contributed by atoms with van der Waals surface area (Å²) in [7, 11) is 0. The highest BCUT2D eigenvalue weighted by molar-refractivity contribution is 5.41. The molecule has 1 atom stereocenters. The van der Waals surface area contributed by atoms with Gasteiger partial charge in [0.05, 0.1) is 6.04 Å². The lowest BCUT2D eigenvalue weighted by Gasteiger charge is -2.21. The summed E-state index contributed by atoms with van der Waals surface area (Å²) in [5.74, 6) is 5.73. The monoisotopic (exact) mass is 241 g/mol. The SMILES string of the molecule is Cc1ccc(C(NN)c2c(C)cccc2C)cn1. The van der Waals surface area contributed by atoms with Gasteiger partial charge in [-0.25, -0.2) is 5.43 Å². The van der Waals surface area contributed by atoms with Crippen LogP contribution in [0.15, 0.2) is 36.5 Å². The highest BCUT2D eigenvalue weighted by Crippen LogP contribution is 2.26. The average molecular weight is 241 g/mol. The van der Waals surface area contributed by atoms with E-state index in [2.05, 4.69) is 48.5 Å². The van der Waals surface area contributed by atoms with E-state index >= 15 is 0 Å². The van der Waals surface area contributed by atoms with Crippen LogP contribution in [-0.2, 0) is 0 Å². The number of nitrogens with zero attached hydrogens (tertiary/aromatic N) is 1. The van der Waals surface area contributed by atoms with E-state index in [4.69, 9.17) is 5.84 Å². The molecule has 0 aliphatic heterocycles. The Kier molecular flexibility index (Phi) is 3.75. The van der Waals surface area contributed by atoms with Crippen LogP contribution in [-0.4, -0.2) is 4.98 Å². The second-order valence-electron chi connectivity index (χ2n) is 4.64. The maximum Gasteiger partial charge on any atom is 0.0730 e. The van der Waals surface area contributed by atoms with Crippen LogP contribution in [0, 0.1) is 20.8 Å². The molecule has 0 bridgehead atoms. The lowest BCUT2D eigenvalue weighted by atomic mass is 9.92. The molecular weight excluding hydrogens is 222 g/mol. The second-order valence-corrected chi connectivity index (χ2v) is 4.64. The summed E-state index contributed by atoms with van der Waals surface area (Å²) in [6, 6.07) is 10.3. The highest BCUT2D eigenvalue weighted by atomic mass is 15.2. The quantitative estimate of drug-likeness (QED) is 0.641. The zero-order chi connectivity index (χ0) is 13.1. The number of hydrazine groups is 1. The van der Waals surface area contributed by atoms with E-state index in [9.17, 15) is 0 Å². The summed E-state index contributed by atoms with van der Waals surface area (Å²) in [5, 5.41) is 0.